The Morgan fingerprint density at radius 2 is 2.10 bits per heavy atom. The van der Waals surface area contributed by atoms with E-state index in [4.69, 9.17) is 0 Å². The van der Waals surface area contributed by atoms with E-state index in [0.717, 1.165) is 17.9 Å². The molecular weight excluding hydrogens is 282 g/mol. The molecule has 0 bridgehead atoms. The van der Waals surface area contributed by atoms with Crippen molar-refractivity contribution in [1.82, 2.24) is 25.1 Å². The van der Waals surface area contributed by atoms with Crippen LogP contribution in [0.3, 0.4) is 0 Å². The van der Waals surface area contributed by atoms with Crippen LogP contribution in [0.25, 0.3) is 5.69 Å². The lowest BCUT2D eigenvalue weighted by atomic mass is 10.1. The summed E-state index contributed by atoms with van der Waals surface area (Å²) in [6.07, 6.45) is 3.41. The van der Waals surface area contributed by atoms with Crippen molar-refractivity contribution in [2.24, 2.45) is 0 Å². The average molecular weight is 299 g/mol. The molecule has 0 radical (unpaired) electrons. The minimum absolute atomic E-state index is 0.267. The summed E-state index contributed by atoms with van der Waals surface area (Å²) < 4.78 is 1.91. The number of thiazole rings is 1. The molecule has 5 nitrogen and oxygen atoms in total. The molecule has 0 saturated heterocycles. The summed E-state index contributed by atoms with van der Waals surface area (Å²) in [6, 6.07) is 8.65. The van der Waals surface area contributed by atoms with Crippen LogP contribution < -0.4 is 5.32 Å². The molecule has 1 N–H and O–H groups in total. The van der Waals surface area contributed by atoms with Crippen LogP contribution in [0.15, 0.2) is 42.4 Å². The van der Waals surface area contributed by atoms with Gasteiger partial charge in [-0.2, -0.15) is 0 Å². The van der Waals surface area contributed by atoms with Gasteiger partial charge in [-0.15, -0.1) is 21.5 Å². The maximum absolute atomic E-state index is 4.28. The first-order chi connectivity index (χ1) is 10.2. The van der Waals surface area contributed by atoms with E-state index < -0.39 is 0 Å². The number of hydrogen-bond acceptors (Lipinski definition) is 5. The largest absolute Gasteiger partial charge is 0.305 e. The summed E-state index contributed by atoms with van der Waals surface area (Å²) in [6.45, 7) is 5.06. The Bertz CT molecular complexity index is 704. The third-order valence-corrected chi connectivity index (χ3v) is 4.44. The fraction of sp³-hybridized carbons (Fsp3) is 0.267. The predicted molar refractivity (Wildman–Crippen MR) is 83.5 cm³/mol. The smallest absolute Gasteiger partial charge is 0.123 e. The molecule has 0 aliphatic carbocycles. The van der Waals surface area contributed by atoms with Crippen molar-refractivity contribution in [2.45, 2.75) is 26.4 Å². The van der Waals surface area contributed by atoms with Gasteiger partial charge < -0.3 is 5.32 Å². The summed E-state index contributed by atoms with van der Waals surface area (Å²) in [4.78, 5) is 5.57. The van der Waals surface area contributed by atoms with Gasteiger partial charge in [-0.05, 0) is 31.5 Å². The molecule has 0 fully saturated rings. The van der Waals surface area contributed by atoms with Gasteiger partial charge in [0, 0.05) is 23.2 Å². The van der Waals surface area contributed by atoms with Crippen molar-refractivity contribution >= 4 is 11.3 Å². The number of hydrogen-bond donors (Lipinski definition) is 1. The highest BCUT2D eigenvalue weighted by molar-refractivity contribution is 7.09. The maximum Gasteiger partial charge on any atom is 0.123 e. The monoisotopic (exact) mass is 299 g/mol. The van der Waals surface area contributed by atoms with Crippen LogP contribution in [0.1, 0.15) is 29.1 Å². The molecule has 3 aromatic rings. The standard InChI is InChI=1S/C15H17N5S/c1-11(16-7-15-12(2)17-10-21-15)13-4-3-5-14(6-13)20-8-18-19-9-20/h3-6,8-11,16H,7H2,1-2H3. The number of benzene rings is 1. The Labute approximate surface area is 127 Å². The quantitative estimate of drug-likeness (QED) is 0.787. The normalized spacial score (nSPS) is 12.5. The summed E-state index contributed by atoms with van der Waals surface area (Å²) >= 11 is 1.69. The highest BCUT2D eigenvalue weighted by atomic mass is 32.1. The van der Waals surface area contributed by atoms with E-state index in [0.29, 0.717) is 0 Å². The second-order valence-corrected chi connectivity index (χ2v) is 5.87. The topological polar surface area (TPSA) is 55.6 Å². The molecule has 1 aromatic carbocycles. The van der Waals surface area contributed by atoms with Gasteiger partial charge in [0.05, 0.1) is 11.2 Å². The highest BCUT2D eigenvalue weighted by Crippen LogP contribution is 2.18. The molecular formula is C15H17N5S. The second-order valence-electron chi connectivity index (χ2n) is 4.93. The lowest BCUT2D eigenvalue weighted by Gasteiger charge is -2.15. The lowest BCUT2D eigenvalue weighted by molar-refractivity contribution is 0.577. The minimum Gasteiger partial charge on any atom is -0.305 e. The molecule has 0 amide bonds. The van der Waals surface area contributed by atoms with E-state index in [1.807, 2.05) is 23.1 Å². The molecule has 6 heteroatoms. The van der Waals surface area contributed by atoms with Gasteiger partial charge in [0.15, 0.2) is 0 Å². The van der Waals surface area contributed by atoms with E-state index >= 15 is 0 Å². The lowest BCUT2D eigenvalue weighted by Crippen LogP contribution is -2.18. The minimum atomic E-state index is 0.267. The zero-order valence-electron chi connectivity index (χ0n) is 12.0. The Morgan fingerprint density at radius 1 is 1.29 bits per heavy atom. The Hall–Kier alpha value is -2.05. The van der Waals surface area contributed by atoms with Crippen LogP contribution in [0, 0.1) is 6.92 Å². The summed E-state index contributed by atoms with van der Waals surface area (Å²) in [5.41, 5.74) is 5.31. The molecule has 0 saturated carbocycles. The number of rotatable bonds is 5. The van der Waals surface area contributed by atoms with Gasteiger partial charge in [0.2, 0.25) is 0 Å². The third-order valence-electron chi connectivity index (χ3n) is 3.50. The molecule has 21 heavy (non-hydrogen) atoms. The van der Waals surface area contributed by atoms with Crippen LogP contribution in [-0.2, 0) is 6.54 Å². The Kier molecular flexibility index (Phi) is 4.08. The van der Waals surface area contributed by atoms with Gasteiger partial charge in [-0.25, -0.2) is 4.98 Å². The van der Waals surface area contributed by atoms with Crippen LogP contribution >= 0.6 is 11.3 Å². The van der Waals surface area contributed by atoms with Gasteiger partial charge in [0.25, 0.3) is 0 Å². The second kappa shape index (κ2) is 6.15. The SMILES string of the molecule is Cc1ncsc1CNC(C)c1cccc(-n2cnnc2)c1. The summed E-state index contributed by atoms with van der Waals surface area (Å²) in [7, 11) is 0. The number of nitrogens with one attached hydrogen (secondary N) is 1. The maximum atomic E-state index is 4.28. The average Bonchev–Trinajstić information content (AvgIpc) is 3.16. The molecule has 2 aromatic heterocycles. The summed E-state index contributed by atoms with van der Waals surface area (Å²) in [5, 5.41) is 11.2. The predicted octanol–water partition coefficient (Wildman–Crippen LogP) is 2.88. The Morgan fingerprint density at radius 3 is 2.81 bits per heavy atom. The molecule has 0 aliphatic heterocycles. The van der Waals surface area contributed by atoms with Gasteiger partial charge in [-0.1, -0.05) is 12.1 Å². The zero-order chi connectivity index (χ0) is 14.7. The number of aromatic nitrogens is 4. The van der Waals surface area contributed by atoms with Crippen molar-refractivity contribution in [1.29, 1.82) is 0 Å². The van der Waals surface area contributed by atoms with E-state index in [1.54, 1.807) is 24.0 Å². The fourth-order valence-electron chi connectivity index (χ4n) is 2.15. The van der Waals surface area contributed by atoms with Crippen molar-refractivity contribution in [3.8, 4) is 5.69 Å². The Balaban J connectivity index is 1.71. The fourth-order valence-corrected chi connectivity index (χ4v) is 2.88. The molecule has 1 atom stereocenters. The number of aryl methyl sites for hydroxylation is 1. The van der Waals surface area contributed by atoms with Crippen molar-refractivity contribution in [2.75, 3.05) is 0 Å². The summed E-state index contributed by atoms with van der Waals surface area (Å²) in [5.74, 6) is 0. The van der Waals surface area contributed by atoms with E-state index in [1.165, 1.54) is 10.4 Å². The first-order valence-corrected chi connectivity index (χ1v) is 7.69. The number of nitrogens with zero attached hydrogens (tertiary/aromatic N) is 4. The van der Waals surface area contributed by atoms with Crippen molar-refractivity contribution in [3.05, 3.63) is 58.6 Å². The van der Waals surface area contributed by atoms with Gasteiger partial charge >= 0.3 is 0 Å². The molecule has 0 spiro atoms. The first kappa shape index (κ1) is 13.9. The van der Waals surface area contributed by atoms with Gasteiger partial charge in [0.1, 0.15) is 12.7 Å². The highest BCUT2D eigenvalue weighted by Gasteiger charge is 2.08. The zero-order valence-corrected chi connectivity index (χ0v) is 12.8. The molecule has 2 heterocycles. The van der Waals surface area contributed by atoms with Crippen molar-refractivity contribution in [3.63, 3.8) is 0 Å². The van der Waals surface area contributed by atoms with E-state index in [9.17, 15) is 0 Å². The first-order valence-electron chi connectivity index (χ1n) is 6.81. The van der Waals surface area contributed by atoms with Crippen LogP contribution in [0.4, 0.5) is 0 Å². The molecule has 3 rings (SSSR count). The van der Waals surface area contributed by atoms with Gasteiger partial charge in [-0.3, -0.25) is 4.57 Å². The molecule has 108 valence electrons. The van der Waals surface area contributed by atoms with Crippen LogP contribution in [0.5, 0.6) is 0 Å². The third kappa shape index (κ3) is 3.17. The molecule has 0 aliphatic rings. The van der Waals surface area contributed by atoms with E-state index in [2.05, 4.69) is 45.6 Å². The van der Waals surface area contributed by atoms with E-state index in [-0.39, 0.29) is 6.04 Å². The van der Waals surface area contributed by atoms with Crippen LogP contribution in [0.2, 0.25) is 0 Å². The molecule has 1 unspecified atom stereocenters. The van der Waals surface area contributed by atoms with Crippen LogP contribution in [-0.4, -0.2) is 19.7 Å². The van der Waals surface area contributed by atoms with Crippen molar-refractivity contribution < 1.29 is 0 Å².